The Hall–Kier alpha value is -3.87. The quantitative estimate of drug-likeness (QED) is 0.362. The molecule has 0 unspecified atom stereocenters. The highest BCUT2D eigenvalue weighted by Crippen LogP contribution is 2.36. The maximum absolute atomic E-state index is 13.2. The number of benzene rings is 2. The van der Waals surface area contributed by atoms with E-state index in [1.54, 1.807) is 4.90 Å². The van der Waals surface area contributed by atoms with Crippen LogP contribution in [0.15, 0.2) is 36.4 Å². The molecule has 1 aliphatic heterocycles. The summed E-state index contributed by atoms with van der Waals surface area (Å²) in [6.45, 7) is 0.760. The molecule has 0 saturated carbocycles. The van der Waals surface area contributed by atoms with E-state index in [1.165, 1.54) is 25.3 Å². The number of nitro benzene ring substituents is 1. The largest absolute Gasteiger partial charge is 0.490 e. The summed E-state index contributed by atoms with van der Waals surface area (Å²) in [5, 5.41) is 13.5. The first kappa shape index (κ1) is 24.8. The van der Waals surface area contributed by atoms with Crippen LogP contribution in [0.25, 0.3) is 0 Å². The highest BCUT2D eigenvalue weighted by molar-refractivity contribution is 5.98. The number of anilines is 2. The molecule has 0 atom stereocenters. The summed E-state index contributed by atoms with van der Waals surface area (Å²) in [6, 6.07) is 6.32. The van der Waals surface area contributed by atoms with E-state index in [2.05, 4.69) is 5.32 Å². The molecule has 1 amide bonds. The number of carbonyl (C=O) groups is 2. The maximum Gasteiger partial charge on any atom is 0.416 e. The Morgan fingerprint density at radius 2 is 1.88 bits per heavy atom. The average molecular weight is 483 g/mol. The van der Waals surface area contributed by atoms with Crippen LogP contribution in [-0.2, 0) is 20.4 Å². The topological polar surface area (TPSA) is 120 Å². The van der Waals surface area contributed by atoms with Crippen molar-refractivity contribution in [1.82, 2.24) is 0 Å². The zero-order valence-corrected chi connectivity index (χ0v) is 17.9. The molecular formula is C21H20F3N3O7. The lowest BCUT2D eigenvalue weighted by Gasteiger charge is -2.31. The molecule has 0 radical (unpaired) electrons. The number of rotatable bonds is 7. The molecule has 13 heteroatoms. The van der Waals surface area contributed by atoms with Gasteiger partial charge in [-0.25, -0.2) is 4.79 Å². The van der Waals surface area contributed by atoms with E-state index in [9.17, 15) is 32.9 Å². The molecule has 1 saturated heterocycles. The molecule has 0 spiro atoms. The molecule has 0 aromatic heterocycles. The van der Waals surface area contributed by atoms with Crippen molar-refractivity contribution in [3.63, 3.8) is 0 Å². The zero-order valence-electron chi connectivity index (χ0n) is 17.9. The number of nitro groups is 1. The predicted octanol–water partition coefficient (Wildman–Crippen LogP) is 3.25. The van der Waals surface area contributed by atoms with Crippen LogP contribution in [0.2, 0.25) is 0 Å². The van der Waals surface area contributed by atoms with Crippen molar-refractivity contribution in [2.45, 2.75) is 6.18 Å². The molecule has 2 aromatic carbocycles. The fraction of sp³-hybridized carbons (Fsp3) is 0.333. The van der Waals surface area contributed by atoms with Crippen molar-refractivity contribution in [2.24, 2.45) is 0 Å². The van der Waals surface area contributed by atoms with E-state index >= 15 is 0 Å². The van der Waals surface area contributed by atoms with Crippen molar-refractivity contribution in [2.75, 3.05) is 50.2 Å². The monoisotopic (exact) mass is 483 g/mol. The van der Waals surface area contributed by atoms with Crippen LogP contribution in [-0.4, -0.2) is 56.8 Å². The van der Waals surface area contributed by atoms with Gasteiger partial charge in [-0.3, -0.25) is 14.9 Å². The lowest BCUT2D eigenvalue weighted by atomic mass is 10.1. The van der Waals surface area contributed by atoms with Crippen molar-refractivity contribution in [1.29, 1.82) is 0 Å². The Balaban J connectivity index is 1.73. The van der Waals surface area contributed by atoms with Crippen LogP contribution >= 0.6 is 0 Å². The average Bonchev–Trinajstić information content (AvgIpc) is 2.82. The third-order valence-corrected chi connectivity index (χ3v) is 4.90. The first-order valence-corrected chi connectivity index (χ1v) is 9.93. The number of methoxy groups -OCH3 is 1. The van der Waals surface area contributed by atoms with Gasteiger partial charge in [0.15, 0.2) is 12.4 Å². The van der Waals surface area contributed by atoms with Crippen LogP contribution < -0.4 is 15.0 Å². The van der Waals surface area contributed by atoms with Crippen LogP contribution in [0.5, 0.6) is 5.75 Å². The van der Waals surface area contributed by atoms with Gasteiger partial charge in [-0.05, 0) is 30.3 Å². The normalized spacial score (nSPS) is 13.8. The minimum atomic E-state index is -4.63. The van der Waals surface area contributed by atoms with E-state index in [0.29, 0.717) is 32.0 Å². The number of carbonyl (C=O) groups excluding carboxylic acids is 2. The fourth-order valence-corrected chi connectivity index (χ4v) is 3.25. The summed E-state index contributed by atoms with van der Waals surface area (Å²) in [5.41, 5.74) is -1.36. The summed E-state index contributed by atoms with van der Waals surface area (Å²) in [5.74, 6) is -1.98. The third kappa shape index (κ3) is 5.92. The van der Waals surface area contributed by atoms with E-state index in [1.807, 2.05) is 0 Å². The van der Waals surface area contributed by atoms with Gasteiger partial charge in [0, 0.05) is 19.2 Å². The summed E-state index contributed by atoms with van der Waals surface area (Å²) >= 11 is 0. The SMILES string of the molecule is COc1ccc(C(=O)OCC(=O)Nc2cc(C(F)(F)F)ccc2N2CCOCC2)cc1[N+](=O)[O-]. The first-order valence-electron chi connectivity index (χ1n) is 9.93. The van der Waals surface area contributed by atoms with Gasteiger partial charge in [0.2, 0.25) is 0 Å². The molecule has 0 bridgehead atoms. The van der Waals surface area contributed by atoms with Crippen LogP contribution in [0, 0.1) is 10.1 Å². The highest BCUT2D eigenvalue weighted by Gasteiger charge is 2.32. The van der Waals surface area contributed by atoms with Gasteiger partial charge < -0.3 is 24.4 Å². The number of nitrogens with one attached hydrogen (secondary N) is 1. The van der Waals surface area contributed by atoms with Crippen molar-refractivity contribution in [3.8, 4) is 5.75 Å². The summed E-state index contributed by atoms with van der Waals surface area (Å²) < 4.78 is 54.6. The van der Waals surface area contributed by atoms with Crippen molar-refractivity contribution < 1.29 is 41.9 Å². The predicted molar refractivity (Wildman–Crippen MR) is 113 cm³/mol. The number of alkyl halides is 3. The number of morpholine rings is 1. The van der Waals surface area contributed by atoms with E-state index in [4.69, 9.17) is 14.2 Å². The number of nitrogens with zero attached hydrogens (tertiary/aromatic N) is 2. The second-order valence-electron chi connectivity index (χ2n) is 7.10. The minimum absolute atomic E-state index is 0.0699. The zero-order chi connectivity index (χ0) is 24.9. The van der Waals surface area contributed by atoms with Gasteiger partial charge in [0.05, 0.1) is 47.7 Å². The van der Waals surface area contributed by atoms with Gasteiger partial charge in [0.25, 0.3) is 5.91 Å². The van der Waals surface area contributed by atoms with Crippen molar-refractivity contribution in [3.05, 3.63) is 57.6 Å². The summed E-state index contributed by atoms with van der Waals surface area (Å²) in [4.78, 5) is 36.7. The highest BCUT2D eigenvalue weighted by atomic mass is 19.4. The van der Waals surface area contributed by atoms with Gasteiger partial charge in [-0.15, -0.1) is 0 Å². The molecule has 1 N–H and O–H groups in total. The standard InChI is InChI=1S/C21H20F3N3O7/c1-32-18-5-2-13(10-17(18)27(30)31)20(29)34-12-19(28)25-15-11-14(21(22,23)24)3-4-16(15)26-6-8-33-9-7-26/h2-5,10-11H,6-9,12H2,1H3,(H,25,28). The Morgan fingerprint density at radius 3 is 2.50 bits per heavy atom. The van der Waals surface area contributed by atoms with Crippen LogP contribution in [0.4, 0.5) is 30.2 Å². The van der Waals surface area contributed by atoms with E-state index in [-0.39, 0.29) is 17.0 Å². The molecule has 1 heterocycles. The van der Waals surface area contributed by atoms with Gasteiger partial charge in [0.1, 0.15) is 0 Å². The molecule has 34 heavy (non-hydrogen) atoms. The lowest BCUT2D eigenvalue weighted by molar-refractivity contribution is -0.385. The smallest absolute Gasteiger partial charge is 0.416 e. The Kier molecular flexibility index (Phi) is 7.56. The van der Waals surface area contributed by atoms with Gasteiger partial charge in [-0.2, -0.15) is 13.2 Å². The molecule has 0 aliphatic carbocycles. The van der Waals surface area contributed by atoms with E-state index in [0.717, 1.165) is 18.2 Å². The second-order valence-corrected chi connectivity index (χ2v) is 7.10. The molecule has 2 aromatic rings. The Morgan fingerprint density at radius 1 is 1.18 bits per heavy atom. The molecule has 1 fully saturated rings. The molecule has 3 rings (SSSR count). The number of amides is 1. The lowest BCUT2D eigenvalue weighted by Crippen LogP contribution is -2.37. The Bertz CT molecular complexity index is 1090. The fourth-order valence-electron chi connectivity index (χ4n) is 3.25. The first-order chi connectivity index (χ1) is 16.1. The van der Waals surface area contributed by atoms with E-state index < -0.39 is 40.8 Å². The van der Waals surface area contributed by atoms with Crippen LogP contribution in [0.3, 0.4) is 0 Å². The number of hydrogen-bond acceptors (Lipinski definition) is 8. The minimum Gasteiger partial charge on any atom is -0.490 e. The number of hydrogen-bond donors (Lipinski definition) is 1. The molecule has 10 nitrogen and oxygen atoms in total. The van der Waals surface area contributed by atoms with Gasteiger partial charge >= 0.3 is 17.8 Å². The summed E-state index contributed by atoms with van der Waals surface area (Å²) in [7, 11) is 1.23. The van der Waals surface area contributed by atoms with Gasteiger partial charge in [-0.1, -0.05) is 0 Å². The Labute approximate surface area is 191 Å². The maximum atomic E-state index is 13.2. The van der Waals surface area contributed by atoms with Crippen LogP contribution in [0.1, 0.15) is 15.9 Å². The third-order valence-electron chi connectivity index (χ3n) is 4.90. The number of halogens is 3. The van der Waals surface area contributed by atoms with Crippen molar-refractivity contribution >= 4 is 28.9 Å². The molecular weight excluding hydrogens is 463 g/mol. The second kappa shape index (κ2) is 10.4. The number of esters is 1. The summed E-state index contributed by atoms with van der Waals surface area (Å²) in [6.07, 6.45) is -4.63. The molecule has 1 aliphatic rings. The molecule has 182 valence electrons. The number of ether oxygens (including phenoxy) is 3.